The van der Waals surface area contributed by atoms with Gasteiger partial charge in [0.05, 0.1) is 20.3 Å². The van der Waals surface area contributed by atoms with Gasteiger partial charge in [-0.3, -0.25) is 9.69 Å². The number of hydrogen-bond donors (Lipinski definition) is 2. The van der Waals surface area contributed by atoms with E-state index in [0.29, 0.717) is 19.5 Å². The van der Waals surface area contributed by atoms with Crippen molar-refractivity contribution in [3.8, 4) is 5.75 Å². The SMILES string of the molecule is COc1cccc(CCNCCC(=O)NCCN2CCOCC2)c1. The van der Waals surface area contributed by atoms with E-state index in [1.54, 1.807) is 7.11 Å². The average Bonchev–Trinajstić information content (AvgIpc) is 2.62. The topological polar surface area (TPSA) is 62.8 Å². The van der Waals surface area contributed by atoms with Gasteiger partial charge < -0.3 is 20.1 Å². The molecule has 0 saturated carbocycles. The minimum Gasteiger partial charge on any atom is -0.497 e. The summed E-state index contributed by atoms with van der Waals surface area (Å²) in [5.74, 6) is 0.990. The zero-order valence-corrected chi connectivity index (χ0v) is 14.6. The molecule has 1 heterocycles. The highest BCUT2D eigenvalue weighted by Crippen LogP contribution is 2.12. The first-order valence-electron chi connectivity index (χ1n) is 8.68. The summed E-state index contributed by atoms with van der Waals surface area (Å²) in [6.45, 7) is 6.68. The Labute approximate surface area is 144 Å². The molecular formula is C18H29N3O3. The quantitative estimate of drug-likeness (QED) is 0.615. The molecule has 0 bridgehead atoms. The van der Waals surface area contributed by atoms with Crippen molar-refractivity contribution < 1.29 is 14.3 Å². The van der Waals surface area contributed by atoms with Gasteiger partial charge in [0.15, 0.2) is 0 Å². The monoisotopic (exact) mass is 335 g/mol. The number of hydrogen-bond acceptors (Lipinski definition) is 5. The molecule has 1 amide bonds. The Bertz CT molecular complexity index is 490. The van der Waals surface area contributed by atoms with Gasteiger partial charge in [-0.15, -0.1) is 0 Å². The fourth-order valence-corrected chi connectivity index (χ4v) is 2.65. The maximum atomic E-state index is 11.8. The van der Waals surface area contributed by atoms with E-state index in [1.807, 2.05) is 18.2 Å². The van der Waals surface area contributed by atoms with Gasteiger partial charge in [0.1, 0.15) is 5.75 Å². The number of amides is 1. The first-order chi connectivity index (χ1) is 11.8. The Balaban J connectivity index is 1.48. The van der Waals surface area contributed by atoms with E-state index in [-0.39, 0.29) is 5.91 Å². The molecule has 0 unspecified atom stereocenters. The maximum Gasteiger partial charge on any atom is 0.221 e. The molecule has 6 nitrogen and oxygen atoms in total. The van der Waals surface area contributed by atoms with Crippen molar-refractivity contribution in [1.29, 1.82) is 0 Å². The van der Waals surface area contributed by atoms with Gasteiger partial charge in [-0.05, 0) is 30.7 Å². The predicted octanol–water partition coefficient (Wildman–Crippen LogP) is 0.666. The summed E-state index contributed by atoms with van der Waals surface area (Å²) in [5.41, 5.74) is 1.23. The Morgan fingerprint density at radius 3 is 2.88 bits per heavy atom. The third kappa shape index (κ3) is 7.29. The number of nitrogens with zero attached hydrogens (tertiary/aromatic N) is 1. The molecule has 1 aliphatic heterocycles. The lowest BCUT2D eigenvalue weighted by atomic mass is 10.1. The van der Waals surface area contributed by atoms with Crippen LogP contribution >= 0.6 is 0 Å². The third-order valence-electron chi connectivity index (χ3n) is 4.11. The van der Waals surface area contributed by atoms with Crippen molar-refractivity contribution >= 4 is 5.91 Å². The van der Waals surface area contributed by atoms with Crippen LogP contribution in [0.5, 0.6) is 5.75 Å². The fourth-order valence-electron chi connectivity index (χ4n) is 2.65. The highest BCUT2D eigenvalue weighted by atomic mass is 16.5. The van der Waals surface area contributed by atoms with E-state index in [2.05, 4.69) is 21.6 Å². The minimum atomic E-state index is 0.108. The third-order valence-corrected chi connectivity index (χ3v) is 4.11. The van der Waals surface area contributed by atoms with E-state index in [0.717, 1.165) is 51.6 Å². The molecule has 24 heavy (non-hydrogen) atoms. The number of carbonyl (C=O) groups is 1. The zero-order chi connectivity index (χ0) is 17.0. The van der Waals surface area contributed by atoms with Gasteiger partial charge in [-0.2, -0.15) is 0 Å². The number of nitrogens with one attached hydrogen (secondary N) is 2. The van der Waals surface area contributed by atoms with Crippen LogP contribution in [0.25, 0.3) is 0 Å². The number of morpholine rings is 1. The van der Waals surface area contributed by atoms with Crippen LogP contribution in [0.15, 0.2) is 24.3 Å². The fraction of sp³-hybridized carbons (Fsp3) is 0.611. The van der Waals surface area contributed by atoms with E-state index in [1.165, 1.54) is 5.56 Å². The molecule has 1 aromatic carbocycles. The van der Waals surface area contributed by atoms with Gasteiger partial charge in [-0.25, -0.2) is 0 Å². The zero-order valence-electron chi connectivity index (χ0n) is 14.6. The Hall–Kier alpha value is -1.63. The van der Waals surface area contributed by atoms with E-state index in [4.69, 9.17) is 9.47 Å². The first-order valence-corrected chi connectivity index (χ1v) is 8.68. The Morgan fingerprint density at radius 2 is 2.08 bits per heavy atom. The van der Waals surface area contributed by atoms with Crippen molar-refractivity contribution in [2.75, 3.05) is 59.6 Å². The van der Waals surface area contributed by atoms with Crippen molar-refractivity contribution in [1.82, 2.24) is 15.5 Å². The summed E-state index contributed by atoms with van der Waals surface area (Å²) < 4.78 is 10.5. The van der Waals surface area contributed by atoms with E-state index in [9.17, 15) is 4.79 Å². The van der Waals surface area contributed by atoms with Crippen molar-refractivity contribution in [3.05, 3.63) is 29.8 Å². The molecule has 1 fully saturated rings. The lowest BCUT2D eigenvalue weighted by molar-refractivity contribution is -0.121. The second kappa shape index (κ2) is 11.0. The van der Waals surface area contributed by atoms with Crippen molar-refractivity contribution in [2.45, 2.75) is 12.8 Å². The summed E-state index contributed by atoms with van der Waals surface area (Å²) in [4.78, 5) is 14.1. The van der Waals surface area contributed by atoms with Crippen LogP contribution < -0.4 is 15.4 Å². The predicted molar refractivity (Wildman–Crippen MR) is 94.5 cm³/mol. The molecule has 0 aromatic heterocycles. The van der Waals surface area contributed by atoms with Gasteiger partial charge in [0.2, 0.25) is 5.91 Å². The highest BCUT2D eigenvalue weighted by Gasteiger charge is 2.09. The standard InChI is InChI=1S/C18H29N3O3/c1-23-17-4-2-3-16(15-17)5-7-19-8-6-18(22)20-9-10-21-11-13-24-14-12-21/h2-4,15,19H,5-14H2,1H3,(H,20,22). The summed E-state index contributed by atoms with van der Waals surface area (Å²) in [6, 6.07) is 8.07. The van der Waals surface area contributed by atoms with Gasteiger partial charge in [0.25, 0.3) is 0 Å². The van der Waals surface area contributed by atoms with Crippen LogP contribution in [0, 0.1) is 0 Å². The number of ether oxygens (including phenoxy) is 2. The second-order valence-corrected chi connectivity index (χ2v) is 5.91. The molecule has 1 saturated heterocycles. The molecule has 0 spiro atoms. The van der Waals surface area contributed by atoms with Crippen LogP contribution in [0.2, 0.25) is 0 Å². The maximum absolute atomic E-state index is 11.8. The molecule has 0 radical (unpaired) electrons. The smallest absolute Gasteiger partial charge is 0.221 e. The minimum absolute atomic E-state index is 0.108. The molecule has 2 N–H and O–H groups in total. The molecule has 134 valence electrons. The molecular weight excluding hydrogens is 306 g/mol. The van der Waals surface area contributed by atoms with Gasteiger partial charge in [0, 0.05) is 39.1 Å². The number of carbonyl (C=O) groups excluding carboxylic acids is 1. The number of methoxy groups -OCH3 is 1. The summed E-state index contributed by atoms with van der Waals surface area (Å²) in [6.07, 6.45) is 1.44. The van der Waals surface area contributed by atoms with Crippen LogP contribution in [0.4, 0.5) is 0 Å². The largest absolute Gasteiger partial charge is 0.497 e. The molecule has 0 atom stereocenters. The molecule has 1 aliphatic rings. The number of rotatable bonds is 10. The highest BCUT2D eigenvalue weighted by molar-refractivity contribution is 5.76. The lowest BCUT2D eigenvalue weighted by Crippen LogP contribution is -2.41. The van der Waals surface area contributed by atoms with E-state index < -0.39 is 0 Å². The van der Waals surface area contributed by atoms with Crippen LogP contribution in [-0.4, -0.2) is 70.4 Å². The van der Waals surface area contributed by atoms with Crippen LogP contribution in [0.3, 0.4) is 0 Å². The second-order valence-electron chi connectivity index (χ2n) is 5.91. The Kier molecular flexibility index (Phi) is 8.59. The van der Waals surface area contributed by atoms with Crippen LogP contribution in [0.1, 0.15) is 12.0 Å². The summed E-state index contributed by atoms with van der Waals surface area (Å²) in [7, 11) is 1.68. The van der Waals surface area contributed by atoms with Gasteiger partial charge >= 0.3 is 0 Å². The molecule has 1 aromatic rings. The molecule has 2 rings (SSSR count). The summed E-state index contributed by atoms with van der Waals surface area (Å²) in [5, 5.41) is 6.29. The van der Waals surface area contributed by atoms with Crippen molar-refractivity contribution in [2.24, 2.45) is 0 Å². The summed E-state index contributed by atoms with van der Waals surface area (Å²) >= 11 is 0. The van der Waals surface area contributed by atoms with Crippen LogP contribution in [-0.2, 0) is 16.0 Å². The lowest BCUT2D eigenvalue weighted by Gasteiger charge is -2.26. The molecule has 0 aliphatic carbocycles. The number of benzene rings is 1. The van der Waals surface area contributed by atoms with Gasteiger partial charge in [-0.1, -0.05) is 12.1 Å². The van der Waals surface area contributed by atoms with Crippen molar-refractivity contribution in [3.63, 3.8) is 0 Å². The first kappa shape index (κ1) is 18.7. The molecule has 6 heteroatoms. The normalized spacial score (nSPS) is 15.2. The van der Waals surface area contributed by atoms with E-state index >= 15 is 0 Å². The Morgan fingerprint density at radius 1 is 1.25 bits per heavy atom. The average molecular weight is 335 g/mol.